The highest BCUT2D eigenvalue weighted by Crippen LogP contribution is 2.24. The third-order valence-corrected chi connectivity index (χ3v) is 5.90. The van der Waals surface area contributed by atoms with Crippen LogP contribution in [0.3, 0.4) is 0 Å². The van der Waals surface area contributed by atoms with Crippen molar-refractivity contribution >= 4 is 32.6 Å². The number of benzene rings is 1. The molecule has 130 valence electrons. The van der Waals surface area contributed by atoms with Crippen LogP contribution >= 0.6 is 0 Å². The van der Waals surface area contributed by atoms with Crippen LogP contribution in [0, 0.1) is 0 Å². The van der Waals surface area contributed by atoms with Gasteiger partial charge in [0.05, 0.1) is 5.25 Å². The fourth-order valence-electron chi connectivity index (χ4n) is 2.66. The first kappa shape index (κ1) is 16.8. The van der Waals surface area contributed by atoms with Crippen LogP contribution in [0.1, 0.15) is 23.4 Å². The molecule has 0 spiro atoms. The van der Waals surface area contributed by atoms with Gasteiger partial charge in [-0.05, 0) is 31.0 Å². The minimum atomic E-state index is -3.74. The summed E-state index contributed by atoms with van der Waals surface area (Å²) in [4.78, 5) is 14.2. The van der Waals surface area contributed by atoms with E-state index in [0.29, 0.717) is 31.6 Å². The number of carbonyl (C=O) groups is 1. The van der Waals surface area contributed by atoms with Crippen molar-refractivity contribution in [3.05, 3.63) is 30.0 Å². The highest BCUT2D eigenvalue weighted by Gasteiger charge is 2.30. The first-order valence-electron chi connectivity index (χ1n) is 7.71. The zero-order valence-electron chi connectivity index (χ0n) is 13.6. The summed E-state index contributed by atoms with van der Waals surface area (Å²) in [6.45, 7) is 0.773. The molecule has 1 aromatic heterocycles. The molecular weight excluding hydrogens is 332 g/mol. The van der Waals surface area contributed by atoms with Crippen LogP contribution < -0.4 is 9.62 Å². The van der Waals surface area contributed by atoms with Gasteiger partial charge in [-0.15, -0.1) is 0 Å². The lowest BCUT2D eigenvalue weighted by Crippen LogP contribution is -2.40. The van der Waals surface area contributed by atoms with Gasteiger partial charge < -0.3 is 14.1 Å². The number of nitrogens with zero attached hydrogens (tertiary/aromatic N) is 1. The van der Waals surface area contributed by atoms with Crippen molar-refractivity contribution in [3.8, 4) is 0 Å². The third kappa shape index (κ3) is 3.39. The van der Waals surface area contributed by atoms with Crippen molar-refractivity contribution < 1.29 is 22.4 Å². The zero-order chi connectivity index (χ0) is 17.3. The number of hydrogen-bond donors (Lipinski definition) is 1. The Kier molecular flexibility index (Phi) is 4.51. The van der Waals surface area contributed by atoms with Gasteiger partial charge >= 0.3 is 0 Å². The summed E-state index contributed by atoms with van der Waals surface area (Å²) >= 11 is 0. The number of carbonyl (C=O) groups excluding carboxylic acids is 1. The van der Waals surface area contributed by atoms with Gasteiger partial charge in [-0.1, -0.05) is 0 Å². The normalized spacial score (nSPS) is 16.2. The monoisotopic (exact) mass is 352 g/mol. The highest BCUT2D eigenvalue weighted by atomic mass is 32.2. The molecule has 3 rings (SSSR count). The number of nitrogens with one attached hydrogen (secondary N) is 1. The maximum Gasteiger partial charge on any atom is 0.300 e. The van der Waals surface area contributed by atoms with Crippen molar-refractivity contribution in [2.75, 3.05) is 32.2 Å². The minimum absolute atomic E-state index is 0.0171. The molecule has 0 aliphatic carbocycles. The Morgan fingerprint density at radius 2 is 1.92 bits per heavy atom. The van der Waals surface area contributed by atoms with E-state index in [9.17, 15) is 13.2 Å². The van der Waals surface area contributed by atoms with Crippen LogP contribution in [0.4, 0.5) is 5.69 Å². The van der Waals surface area contributed by atoms with Crippen LogP contribution in [0.2, 0.25) is 0 Å². The van der Waals surface area contributed by atoms with Crippen LogP contribution in [0.25, 0.3) is 11.0 Å². The second-order valence-electron chi connectivity index (χ2n) is 6.02. The summed E-state index contributed by atoms with van der Waals surface area (Å²) in [6, 6.07) is 7.08. The summed E-state index contributed by atoms with van der Waals surface area (Å²) < 4.78 is 37.4. The van der Waals surface area contributed by atoms with Crippen molar-refractivity contribution in [2.24, 2.45) is 0 Å². The largest absolute Gasteiger partial charge is 0.451 e. The van der Waals surface area contributed by atoms with Crippen molar-refractivity contribution in [1.82, 2.24) is 4.72 Å². The number of hydrogen-bond acceptors (Lipinski definition) is 6. The lowest BCUT2D eigenvalue weighted by atomic mass is 10.2. The molecule has 0 atom stereocenters. The van der Waals surface area contributed by atoms with Crippen LogP contribution in [-0.2, 0) is 14.8 Å². The molecule has 1 N–H and O–H groups in total. The molecule has 2 aromatic rings. The second kappa shape index (κ2) is 6.45. The van der Waals surface area contributed by atoms with Crippen LogP contribution in [0.15, 0.2) is 28.7 Å². The van der Waals surface area contributed by atoms with E-state index in [4.69, 9.17) is 9.15 Å². The van der Waals surface area contributed by atoms with Crippen LogP contribution in [-0.4, -0.2) is 46.9 Å². The Morgan fingerprint density at radius 1 is 1.21 bits per heavy atom. The average Bonchev–Trinajstić information content (AvgIpc) is 2.98. The lowest BCUT2D eigenvalue weighted by Gasteiger charge is -2.21. The predicted molar refractivity (Wildman–Crippen MR) is 90.8 cm³/mol. The van der Waals surface area contributed by atoms with E-state index in [1.165, 1.54) is 0 Å². The van der Waals surface area contributed by atoms with Crippen molar-refractivity contribution in [2.45, 2.75) is 18.1 Å². The van der Waals surface area contributed by atoms with E-state index in [-0.39, 0.29) is 5.76 Å². The molecular formula is C16H20N2O5S. The fourth-order valence-corrected chi connectivity index (χ4v) is 4.00. The molecule has 8 heteroatoms. The average molecular weight is 352 g/mol. The van der Waals surface area contributed by atoms with E-state index in [0.717, 1.165) is 11.1 Å². The molecule has 1 amide bonds. The van der Waals surface area contributed by atoms with Gasteiger partial charge in [0.2, 0.25) is 10.0 Å². The minimum Gasteiger partial charge on any atom is -0.451 e. The van der Waals surface area contributed by atoms with Gasteiger partial charge in [0.15, 0.2) is 5.76 Å². The number of rotatable bonds is 4. The maximum absolute atomic E-state index is 12.3. The third-order valence-electron chi connectivity index (χ3n) is 4.09. The molecule has 1 fully saturated rings. The molecule has 7 nitrogen and oxygen atoms in total. The Balaban J connectivity index is 1.80. The highest BCUT2D eigenvalue weighted by molar-refractivity contribution is 7.90. The Bertz CT molecular complexity index is 850. The number of furan rings is 1. The first-order valence-corrected chi connectivity index (χ1v) is 9.26. The topological polar surface area (TPSA) is 88.9 Å². The van der Waals surface area contributed by atoms with E-state index in [1.807, 2.05) is 31.1 Å². The van der Waals surface area contributed by atoms with E-state index in [2.05, 4.69) is 4.72 Å². The molecule has 2 heterocycles. The van der Waals surface area contributed by atoms with E-state index in [1.54, 1.807) is 12.1 Å². The number of fused-ring (bicyclic) bond motifs is 1. The molecule has 0 bridgehead atoms. The molecule has 0 saturated carbocycles. The summed E-state index contributed by atoms with van der Waals surface area (Å²) in [6.07, 6.45) is 0.768. The summed E-state index contributed by atoms with van der Waals surface area (Å²) in [5.74, 6) is -0.763. The van der Waals surface area contributed by atoms with Crippen molar-refractivity contribution in [3.63, 3.8) is 0 Å². The molecule has 0 radical (unpaired) electrons. The summed E-state index contributed by atoms with van der Waals surface area (Å²) in [5, 5.41) is 0.133. The first-order chi connectivity index (χ1) is 11.4. The predicted octanol–water partition coefficient (Wildman–Crippen LogP) is 1.74. The quantitative estimate of drug-likeness (QED) is 0.902. The van der Waals surface area contributed by atoms with Crippen LogP contribution in [0.5, 0.6) is 0 Å². The Morgan fingerprint density at radius 3 is 2.58 bits per heavy atom. The number of ether oxygens (including phenoxy) is 1. The molecule has 24 heavy (non-hydrogen) atoms. The lowest BCUT2D eigenvalue weighted by molar-refractivity contribution is 0.0935. The van der Waals surface area contributed by atoms with Gasteiger partial charge in [-0.3, -0.25) is 4.79 Å². The Hall–Kier alpha value is -2.06. The van der Waals surface area contributed by atoms with Gasteiger partial charge in [0.25, 0.3) is 5.91 Å². The van der Waals surface area contributed by atoms with Gasteiger partial charge in [0, 0.05) is 44.4 Å². The molecule has 0 unspecified atom stereocenters. The Labute approximate surface area is 140 Å². The number of sulfonamides is 1. The standard InChI is InChI=1S/C16H20N2O5S/c1-18(2)12-4-3-11-9-15(23-14(11)10-12)16(19)17-24(20,21)13-5-7-22-8-6-13/h3-4,9-10,13H,5-8H2,1-2H3,(H,17,19). The zero-order valence-corrected chi connectivity index (χ0v) is 14.4. The van der Waals surface area contributed by atoms with Crippen molar-refractivity contribution in [1.29, 1.82) is 0 Å². The molecule has 1 aliphatic heterocycles. The molecule has 1 aromatic carbocycles. The SMILES string of the molecule is CN(C)c1ccc2cc(C(=O)NS(=O)(=O)C3CCOCC3)oc2c1. The number of anilines is 1. The maximum atomic E-state index is 12.3. The summed E-state index contributed by atoms with van der Waals surface area (Å²) in [5.41, 5.74) is 1.47. The number of amides is 1. The fraction of sp³-hybridized carbons (Fsp3) is 0.438. The second-order valence-corrected chi connectivity index (χ2v) is 7.98. The van der Waals surface area contributed by atoms with E-state index >= 15 is 0 Å². The van der Waals surface area contributed by atoms with E-state index < -0.39 is 21.2 Å². The smallest absolute Gasteiger partial charge is 0.300 e. The van der Waals surface area contributed by atoms with Gasteiger partial charge in [0.1, 0.15) is 5.58 Å². The van der Waals surface area contributed by atoms with Gasteiger partial charge in [-0.2, -0.15) is 0 Å². The van der Waals surface area contributed by atoms with Gasteiger partial charge in [-0.25, -0.2) is 13.1 Å². The summed E-state index contributed by atoms with van der Waals surface area (Å²) in [7, 11) is 0.0644. The molecule has 1 saturated heterocycles. The molecule has 1 aliphatic rings.